The Balaban J connectivity index is 2.12. The molecule has 0 saturated heterocycles. The van der Waals surface area contributed by atoms with Crippen LogP contribution in [0.2, 0.25) is 0 Å². The number of anilines is 1. The highest BCUT2D eigenvalue weighted by Gasteiger charge is 2.38. The number of nitrogens with two attached hydrogens (primary N) is 1. The molecule has 0 aromatic carbocycles. The predicted octanol–water partition coefficient (Wildman–Crippen LogP) is 1.33. The lowest BCUT2D eigenvalue weighted by atomic mass is 9.73. The van der Waals surface area contributed by atoms with Gasteiger partial charge in [0.2, 0.25) is 5.91 Å². The van der Waals surface area contributed by atoms with Gasteiger partial charge in [0, 0.05) is 12.8 Å². The number of hydrogen-bond donors (Lipinski definition) is 2. The van der Waals surface area contributed by atoms with Crippen molar-refractivity contribution < 1.29 is 13.2 Å². The molecule has 0 bridgehead atoms. The van der Waals surface area contributed by atoms with E-state index in [1.54, 1.807) is 6.07 Å². The van der Waals surface area contributed by atoms with E-state index >= 15 is 0 Å². The third-order valence-electron chi connectivity index (χ3n) is 4.06. The molecule has 3 N–H and O–H groups in total. The minimum atomic E-state index is -3.33. The Labute approximate surface area is 125 Å². The smallest absolute Gasteiger partial charge is 0.231 e. The van der Waals surface area contributed by atoms with E-state index in [1.165, 1.54) is 12.3 Å². The first kappa shape index (κ1) is 15.9. The zero-order valence-electron chi connectivity index (χ0n) is 12.1. The first-order valence-corrected chi connectivity index (χ1v) is 8.94. The molecule has 21 heavy (non-hydrogen) atoms. The van der Waals surface area contributed by atoms with Gasteiger partial charge >= 0.3 is 0 Å². The van der Waals surface area contributed by atoms with Crippen molar-refractivity contribution in [2.45, 2.75) is 37.1 Å². The molecule has 2 rings (SSSR count). The first-order chi connectivity index (χ1) is 9.87. The molecule has 1 aliphatic rings. The van der Waals surface area contributed by atoms with Gasteiger partial charge in [0.1, 0.15) is 0 Å². The number of hydrogen-bond acceptors (Lipinski definition) is 5. The fourth-order valence-electron chi connectivity index (χ4n) is 2.69. The van der Waals surface area contributed by atoms with Gasteiger partial charge in [0.25, 0.3) is 0 Å². The second-order valence-corrected chi connectivity index (χ2v) is 7.62. The molecular weight excluding hydrogens is 290 g/mol. The normalized spacial score (nSPS) is 18.2. The molecular formula is C14H21N3O3S. The summed E-state index contributed by atoms with van der Waals surface area (Å²) >= 11 is 0. The molecule has 6 nitrogen and oxygen atoms in total. The van der Waals surface area contributed by atoms with Gasteiger partial charge in [-0.25, -0.2) is 13.4 Å². The van der Waals surface area contributed by atoms with E-state index in [9.17, 15) is 13.2 Å². The lowest BCUT2D eigenvalue weighted by molar-refractivity contribution is -0.126. The van der Waals surface area contributed by atoms with Gasteiger partial charge in [-0.2, -0.15) is 0 Å². The minimum absolute atomic E-state index is 0.00768. The van der Waals surface area contributed by atoms with Crippen LogP contribution >= 0.6 is 0 Å². The van der Waals surface area contributed by atoms with E-state index in [1.807, 2.05) is 0 Å². The Morgan fingerprint density at radius 1 is 1.33 bits per heavy atom. The SMILES string of the molecule is CS(=O)(=O)c1ccc(NC(=O)C2(CN)CCCCC2)cn1. The number of nitrogens with one attached hydrogen (secondary N) is 1. The predicted molar refractivity (Wildman–Crippen MR) is 80.5 cm³/mol. The van der Waals surface area contributed by atoms with E-state index < -0.39 is 15.3 Å². The quantitative estimate of drug-likeness (QED) is 0.873. The maximum Gasteiger partial charge on any atom is 0.231 e. The van der Waals surface area contributed by atoms with Crippen molar-refractivity contribution in [2.75, 3.05) is 18.1 Å². The number of carbonyl (C=O) groups excluding carboxylic acids is 1. The summed E-state index contributed by atoms with van der Waals surface area (Å²) < 4.78 is 22.7. The van der Waals surface area contributed by atoms with Crippen molar-refractivity contribution >= 4 is 21.4 Å². The highest BCUT2D eigenvalue weighted by molar-refractivity contribution is 7.90. The molecule has 0 radical (unpaired) electrons. The molecule has 1 amide bonds. The van der Waals surface area contributed by atoms with Gasteiger partial charge < -0.3 is 11.1 Å². The Morgan fingerprint density at radius 2 is 2.00 bits per heavy atom. The summed E-state index contributed by atoms with van der Waals surface area (Å²) in [6.45, 7) is 0.327. The first-order valence-electron chi connectivity index (χ1n) is 7.05. The topological polar surface area (TPSA) is 102 Å². The highest BCUT2D eigenvalue weighted by atomic mass is 32.2. The van der Waals surface area contributed by atoms with Crippen molar-refractivity contribution in [3.8, 4) is 0 Å². The number of amides is 1. The zero-order chi connectivity index (χ0) is 15.5. The Bertz CT molecular complexity index is 605. The number of nitrogens with zero attached hydrogens (tertiary/aromatic N) is 1. The van der Waals surface area contributed by atoms with Gasteiger partial charge in [0.05, 0.1) is 17.3 Å². The van der Waals surface area contributed by atoms with Crippen LogP contribution in [0.4, 0.5) is 5.69 Å². The number of aromatic nitrogens is 1. The van der Waals surface area contributed by atoms with E-state index in [0.29, 0.717) is 12.2 Å². The fraction of sp³-hybridized carbons (Fsp3) is 0.571. The molecule has 7 heteroatoms. The van der Waals surface area contributed by atoms with Crippen LogP contribution in [0, 0.1) is 5.41 Å². The van der Waals surface area contributed by atoms with Crippen molar-refractivity contribution in [3.05, 3.63) is 18.3 Å². The molecule has 0 spiro atoms. The summed E-state index contributed by atoms with van der Waals surface area (Å²) in [7, 11) is -3.33. The summed E-state index contributed by atoms with van der Waals surface area (Å²) in [4.78, 5) is 16.3. The average molecular weight is 311 g/mol. The summed E-state index contributed by atoms with van der Waals surface area (Å²) in [5.41, 5.74) is 5.80. The average Bonchev–Trinajstić information content (AvgIpc) is 2.47. The number of rotatable bonds is 4. The van der Waals surface area contributed by atoms with Crippen LogP contribution in [0.1, 0.15) is 32.1 Å². The summed E-state index contributed by atoms with van der Waals surface area (Å²) in [5.74, 6) is -0.0985. The standard InChI is InChI=1S/C14H21N3O3S/c1-21(19,20)12-6-5-11(9-16-12)17-13(18)14(10-15)7-3-2-4-8-14/h5-6,9H,2-4,7-8,10,15H2,1H3,(H,17,18). The third kappa shape index (κ3) is 3.59. The molecule has 1 aliphatic carbocycles. The van der Waals surface area contributed by atoms with Crippen LogP contribution in [0.5, 0.6) is 0 Å². The second kappa shape index (κ2) is 6.11. The molecule has 1 aromatic heterocycles. The monoisotopic (exact) mass is 311 g/mol. The second-order valence-electron chi connectivity index (χ2n) is 5.66. The maximum atomic E-state index is 12.5. The van der Waals surface area contributed by atoms with Crippen LogP contribution < -0.4 is 11.1 Å². The Morgan fingerprint density at radius 3 is 2.48 bits per heavy atom. The molecule has 0 unspecified atom stereocenters. The maximum absolute atomic E-state index is 12.5. The highest BCUT2D eigenvalue weighted by Crippen LogP contribution is 2.36. The molecule has 0 atom stereocenters. The minimum Gasteiger partial charge on any atom is -0.329 e. The number of sulfone groups is 1. The van der Waals surface area contributed by atoms with E-state index in [-0.39, 0.29) is 10.9 Å². The van der Waals surface area contributed by atoms with E-state index in [0.717, 1.165) is 38.4 Å². The van der Waals surface area contributed by atoms with Crippen molar-refractivity contribution in [1.29, 1.82) is 0 Å². The van der Waals surface area contributed by atoms with Crippen molar-refractivity contribution in [1.82, 2.24) is 4.98 Å². The van der Waals surface area contributed by atoms with Crippen LogP contribution in [-0.4, -0.2) is 32.1 Å². The Hall–Kier alpha value is -1.47. The molecule has 116 valence electrons. The summed E-state index contributed by atoms with van der Waals surface area (Å²) in [5, 5.41) is 2.80. The summed E-state index contributed by atoms with van der Waals surface area (Å²) in [6.07, 6.45) is 7.21. The van der Waals surface area contributed by atoms with Crippen LogP contribution in [0.15, 0.2) is 23.4 Å². The van der Waals surface area contributed by atoms with E-state index in [4.69, 9.17) is 5.73 Å². The van der Waals surface area contributed by atoms with Crippen LogP contribution in [0.3, 0.4) is 0 Å². The Kier molecular flexibility index (Phi) is 4.63. The van der Waals surface area contributed by atoms with Gasteiger partial charge in [-0.05, 0) is 25.0 Å². The van der Waals surface area contributed by atoms with Gasteiger partial charge in [0.15, 0.2) is 14.9 Å². The molecule has 1 aromatic rings. The van der Waals surface area contributed by atoms with Crippen LogP contribution in [-0.2, 0) is 14.6 Å². The molecule has 1 saturated carbocycles. The van der Waals surface area contributed by atoms with E-state index in [2.05, 4.69) is 10.3 Å². The van der Waals surface area contributed by atoms with Crippen LogP contribution in [0.25, 0.3) is 0 Å². The van der Waals surface area contributed by atoms with Gasteiger partial charge in [-0.1, -0.05) is 19.3 Å². The zero-order valence-corrected chi connectivity index (χ0v) is 12.9. The fourth-order valence-corrected chi connectivity index (χ4v) is 3.25. The molecule has 1 heterocycles. The van der Waals surface area contributed by atoms with Gasteiger partial charge in [-0.3, -0.25) is 4.79 Å². The van der Waals surface area contributed by atoms with Crippen molar-refractivity contribution in [3.63, 3.8) is 0 Å². The lowest BCUT2D eigenvalue weighted by Gasteiger charge is -2.34. The lowest BCUT2D eigenvalue weighted by Crippen LogP contribution is -2.43. The van der Waals surface area contributed by atoms with Gasteiger partial charge in [-0.15, -0.1) is 0 Å². The molecule has 0 aliphatic heterocycles. The molecule has 1 fully saturated rings. The number of pyridine rings is 1. The summed E-state index contributed by atoms with van der Waals surface area (Å²) in [6, 6.07) is 2.94. The van der Waals surface area contributed by atoms with Crippen molar-refractivity contribution in [2.24, 2.45) is 11.1 Å². The largest absolute Gasteiger partial charge is 0.329 e. The number of carbonyl (C=O) groups is 1. The third-order valence-corrected chi connectivity index (χ3v) is 5.06.